The van der Waals surface area contributed by atoms with Gasteiger partial charge in [0.15, 0.2) is 0 Å². The predicted octanol–water partition coefficient (Wildman–Crippen LogP) is 1.51. The summed E-state index contributed by atoms with van der Waals surface area (Å²) in [6, 6.07) is 0.339. The maximum atomic E-state index is 5.92. The van der Waals surface area contributed by atoms with E-state index in [-0.39, 0.29) is 11.0 Å². The second-order valence-corrected chi connectivity index (χ2v) is 6.88. The van der Waals surface area contributed by atoms with Gasteiger partial charge >= 0.3 is 0 Å². The lowest BCUT2D eigenvalue weighted by Gasteiger charge is -2.52. The number of nitrogens with zero attached hydrogens (tertiary/aromatic N) is 1. The third-order valence-corrected chi connectivity index (χ3v) is 4.68. The SMILES string of the molecule is CC(C)(C)C(NN)C1(N2CCOCC2)CCCC1. The smallest absolute Gasteiger partial charge is 0.0594 e. The summed E-state index contributed by atoms with van der Waals surface area (Å²) in [5.74, 6) is 5.92. The molecule has 106 valence electrons. The molecule has 1 atom stereocenters. The Kier molecular flexibility index (Phi) is 4.32. The zero-order valence-corrected chi connectivity index (χ0v) is 12.2. The fourth-order valence-electron chi connectivity index (χ4n) is 3.99. The van der Waals surface area contributed by atoms with Crippen molar-refractivity contribution < 1.29 is 4.74 Å². The summed E-state index contributed by atoms with van der Waals surface area (Å²) < 4.78 is 5.51. The van der Waals surface area contributed by atoms with Crippen molar-refractivity contribution in [3.05, 3.63) is 0 Å². The van der Waals surface area contributed by atoms with Crippen LogP contribution in [0.25, 0.3) is 0 Å². The third kappa shape index (κ3) is 2.57. The second kappa shape index (κ2) is 5.45. The van der Waals surface area contributed by atoms with Gasteiger partial charge in [0.1, 0.15) is 0 Å². The summed E-state index contributed by atoms with van der Waals surface area (Å²) in [4.78, 5) is 2.64. The number of rotatable bonds is 3. The van der Waals surface area contributed by atoms with E-state index in [0.29, 0.717) is 6.04 Å². The highest BCUT2D eigenvalue weighted by Crippen LogP contribution is 2.43. The van der Waals surface area contributed by atoms with Gasteiger partial charge in [-0.1, -0.05) is 33.6 Å². The highest BCUT2D eigenvalue weighted by atomic mass is 16.5. The molecule has 0 aromatic heterocycles. The van der Waals surface area contributed by atoms with Crippen molar-refractivity contribution in [2.75, 3.05) is 26.3 Å². The molecular weight excluding hydrogens is 226 g/mol. The first kappa shape index (κ1) is 14.3. The van der Waals surface area contributed by atoms with E-state index in [9.17, 15) is 0 Å². The molecule has 3 N–H and O–H groups in total. The molecule has 2 aliphatic rings. The number of morpholine rings is 1. The molecule has 1 aliphatic carbocycles. The normalized spacial score (nSPS) is 27.3. The number of nitrogens with one attached hydrogen (secondary N) is 1. The van der Waals surface area contributed by atoms with E-state index in [1.54, 1.807) is 0 Å². The third-order valence-electron chi connectivity index (χ3n) is 4.68. The van der Waals surface area contributed by atoms with E-state index >= 15 is 0 Å². The van der Waals surface area contributed by atoms with Crippen LogP contribution in [0.15, 0.2) is 0 Å². The van der Waals surface area contributed by atoms with Gasteiger partial charge in [-0.3, -0.25) is 16.2 Å². The largest absolute Gasteiger partial charge is 0.379 e. The van der Waals surface area contributed by atoms with E-state index in [1.807, 2.05) is 0 Å². The lowest BCUT2D eigenvalue weighted by atomic mass is 9.72. The van der Waals surface area contributed by atoms with Crippen LogP contribution in [-0.2, 0) is 4.74 Å². The predicted molar refractivity (Wildman–Crippen MR) is 74.2 cm³/mol. The van der Waals surface area contributed by atoms with Gasteiger partial charge < -0.3 is 4.74 Å². The molecule has 0 radical (unpaired) electrons. The minimum atomic E-state index is 0.178. The van der Waals surface area contributed by atoms with Crippen LogP contribution < -0.4 is 11.3 Å². The van der Waals surface area contributed by atoms with Crippen molar-refractivity contribution in [1.29, 1.82) is 0 Å². The van der Waals surface area contributed by atoms with E-state index in [2.05, 4.69) is 31.1 Å². The van der Waals surface area contributed by atoms with Gasteiger partial charge in [-0.2, -0.15) is 0 Å². The average Bonchev–Trinajstić information content (AvgIpc) is 2.79. The maximum Gasteiger partial charge on any atom is 0.0594 e. The molecule has 0 aromatic carbocycles. The van der Waals surface area contributed by atoms with E-state index < -0.39 is 0 Å². The minimum Gasteiger partial charge on any atom is -0.379 e. The number of hydrazine groups is 1. The molecule has 1 saturated heterocycles. The summed E-state index contributed by atoms with van der Waals surface area (Å²) in [6.07, 6.45) is 5.18. The van der Waals surface area contributed by atoms with Crippen LogP contribution in [0, 0.1) is 5.41 Å². The molecule has 0 bridgehead atoms. The summed E-state index contributed by atoms with van der Waals surface area (Å²) in [5.41, 5.74) is 3.55. The minimum absolute atomic E-state index is 0.178. The Labute approximate surface area is 111 Å². The van der Waals surface area contributed by atoms with Crippen molar-refractivity contribution >= 4 is 0 Å². The van der Waals surface area contributed by atoms with Gasteiger partial charge in [0, 0.05) is 24.7 Å². The summed E-state index contributed by atoms with van der Waals surface area (Å²) >= 11 is 0. The zero-order chi connectivity index (χ0) is 13.2. The Bertz CT molecular complexity index is 263. The van der Waals surface area contributed by atoms with Gasteiger partial charge in [-0.15, -0.1) is 0 Å². The molecule has 4 heteroatoms. The number of hydrogen-bond donors (Lipinski definition) is 2. The molecule has 0 amide bonds. The standard InChI is InChI=1S/C14H29N3O/c1-13(2,3)12(16-15)14(6-4-5-7-14)17-8-10-18-11-9-17/h12,16H,4-11,15H2,1-3H3. The molecule has 18 heavy (non-hydrogen) atoms. The summed E-state index contributed by atoms with van der Waals surface area (Å²) in [5, 5.41) is 0. The first-order chi connectivity index (χ1) is 8.50. The van der Waals surface area contributed by atoms with E-state index in [4.69, 9.17) is 10.6 Å². The van der Waals surface area contributed by atoms with Crippen LogP contribution in [0.3, 0.4) is 0 Å². The van der Waals surface area contributed by atoms with Gasteiger partial charge in [-0.05, 0) is 18.3 Å². The Morgan fingerprint density at radius 2 is 1.72 bits per heavy atom. The van der Waals surface area contributed by atoms with Crippen LogP contribution in [0.4, 0.5) is 0 Å². The molecule has 2 fully saturated rings. The molecular formula is C14H29N3O. The van der Waals surface area contributed by atoms with Crippen molar-refractivity contribution in [2.24, 2.45) is 11.3 Å². The number of nitrogens with two attached hydrogens (primary N) is 1. The Morgan fingerprint density at radius 3 is 2.17 bits per heavy atom. The first-order valence-electron chi connectivity index (χ1n) is 7.30. The van der Waals surface area contributed by atoms with Crippen LogP contribution in [0.2, 0.25) is 0 Å². The molecule has 1 saturated carbocycles. The van der Waals surface area contributed by atoms with Crippen LogP contribution >= 0.6 is 0 Å². The average molecular weight is 255 g/mol. The monoisotopic (exact) mass is 255 g/mol. The lowest BCUT2D eigenvalue weighted by Crippen LogP contribution is -2.67. The fraction of sp³-hybridized carbons (Fsp3) is 1.00. The highest BCUT2D eigenvalue weighted by Gasteiger charge is 2.49. The van der Waals surface area contributed by atoms with Crippen molar-refractivity contribution in [3.8, 4) is 0 Å². The van der Waals surface area contributed by atoms with Gasteiger partial charge in [-0.25, -0.2) is 0 Å². The van der Waals surface area contributed by atoms with Crippen LogP contribution in [0.5, 0.6) is 0 Å². The topological polar surface area (TPSA) is 50.5 Å². The molecule has 0 aromatic rings. The molecule has 1 aliphatic heterocycles. The Morgan fingerprint density at radius 1 is 1.17 bits per heavy atom. The number of ether oxygens (including phenoxy) is 1. The van der Waals surface area contributed by atoms with E-state index in [1.165, 1.54) is 25.7 Å². The fourth-order valence-corrected chi connectivity index (χ4v) is 3.99. The Hall–Kier alpha value is -0.160. The van der Waals surface area contributed by atoms with Crippen LogP contribution in [0.1, 0.15) is 46.5 Å². The van der Waals surface area contributed by atoms with Gasteiger partial charge in [0.2, 0.25) is 0 Å². The quantitative estimate of drug-likeness (QED) is 0.593. The summed E-state index contributed by atoms with van der Waals surface area (Å²) in [7, 11) is 0. The van der Waals surface area contributed by atoms with E-state index in [0.717, 1.165) is 26.3 Å². The summed E-state index contributed by atoms with van der Waals surface area (Å²) in [6.45, 7) is 10.7. The van der Waals surface area contributed by atoms with Gasteiger partial charge in [0.05, 0.1) is 13.2 Å². The molecule has 1 heterocycles. The number of hydrogen-bond acceptors (Lipinski definition) is 4. The molecule has 4 nitrogen and oxygen atoms in total. The van der Waals surface area contributed by atoms with Crippen molar-refractivity contribution in [2.45, 2.75) is 58.0 Å². The van der Waals surface area contributed by atoms with Crippen molar-refractivity contribution in [1.82, 2.24) is 10.3 Å². The molecule has 2 rings (SSSR count). The second-order valence-electron chi connectivity index (χ2n) is 6.88. The molecule has 1 unspecified atom stereocenters. The van der Waals surface area contributed by atoms with Crippen LogP contribution in [-0.4, -0.2) is 42.8 Å². The Balaban J connectivity index is 2.24. The van der Waals surface area contributed by atoms with Gasteiger partial charge in [0.25, 0.3) is 0 Å². The first-order valence-corrected chi connectivity index (χ1v) is 7.30. The molecule has 0 spiro atoms. The highest BCUT2D eigenvalue weighted by molar-refractivity contribution is 5.07. The zero-order valence-electron chi connectivity index (χ0n) is 12.2. The maximum absolute atomic E-state index is 5.92. The lowest BCUT2D eigenvalue weighted by molar-refractivity contribution is -0.0531. The van der Waals surface area contributed by atoms with Crippen molar-refractivity contribution in [3.63, 3.8) is 0 Å².